The zero-order chi connectivity index (χ0) is 21.0. The fraction of sp³-hybridized carbons (Fsp3) is 0.190. The van der Waals surface area contributed by atoms with Gasteiger partial charge in [0.2, 0.25) is 0 Å². The SMILES string of the molecule is CC(=NNC(=O)c1cccc(Cn2nc(C)cc2C)c1)c1ccc([N+](=O)[O-])cc1. The van der Waals surface area contributed by atoms with Crippen LogP contribution in [0.2, 0.25) is 0 Å². The molecule has 0 saturated carbocycles. The summed E-state index contributed by atoms with van der Waals surface area (Å²) in [4.78, 5) is 22.7. The number of non-ortho nitro benzene ring substituents is 1. The van der Waals surface area contributed by atoms with Crippen LogP contribution in [0.5, 0.6) is 0 Å². The summed E-state index contributed by atoms with van der Waals surface area (Å²) in [6, 6.07) is 15.3. The molecule has 3 aromatic rings. The summed E-state index contributed by atoms with van der Waals surface area (Å²) in [7, 11) is 0. The van der Waals surface area contributed by atoms with Gasteiger partial charge in [0.15, 0.2) is 0 Å². The van der Waals surface area contributed by atoms with Crippen LogP contribution in [0.4, 0.5) is 5.69 Å². The molecule has 0 radical (unpaired) electrons. The van der Waals surface area contributed by atoms with E-state index in [-0.39, 0.29) is 11.6 Å². The Labute approximate surface area is 168 Å². The Balaban J connectivity index is 1.69. The van der Waals surface area contributed by atoms with Gasteiger partial charge in [0.25, 0.3) is 11.6 Å². The molecule has 0 fully saturated rings. The average Bonchev–Trinajstić information content (AvgIpc) is 3.02. The number of nitro groups is 1. The Kier molecular flexibility index (Phi) is 5.82. The van der Waals surface area contributed by atoms with Crippen molar-refractivity contribution >= 4 is 17.3 Å². The maximum absolute atomic E-state index is 12.5. The topological polar surface area (TPSA) is 102 Å². The summed E-state index contributed by atoms with van der Waals surface area (Å²) in [6.45, 7) is 6.23. The van der Waals surface area contributed by atoms with Crippen molar-refractivity contribution < 1.29 is 9.72 Å². The first-order valence-corrected chi connectivity index (χ1v) is 9.03. The second-order valence-electron chi connectivity index (χ2n) is 6.73. The van der Waals surface area contributed by atoms with Crippen LogP contribution in [0.1, 0.15) is 39.8 Å². The van der Waals surface area contributed by atoms with Crippen LogP contribution in [0.25, 0.3) is 0 Å². The van der Waals surface area contributed by atoms with Crippen LogP contribution in [0.15, 0.2) is 59.7 Å². The van der Waals surface area contributed by atoms with E-state index in [1.54, 1.807) is 25.1 Å². The van der Waals surface area contributed by atoms with Gasteiger partial charge in [0.05, 0.1) is 22.9 Å². The standard InChI is InChI=1S/C21H21N5O3/c1-14-11-15(2)25(24-14)13-17-5-4-6-19(12-17)21(27)23-22-16(3)18-7-9-20(10-8-18)26(28)29/h4-12H,13H2,1-3H3,(H,23,27). The van der Waals surface area contributed by atoms with Gasteiger partial charge >= 0.3 is 0 Å². The van der Waals surface area contributed by atoms with E-state index in [2.05, 4.69) is 15.6 Å². The first-order valence-electron chi connectivity index (χ1n) is 9.03. The number of rotatable bonds is 6. The minimum Gasteiger partial charge on any atom is -0.267 e. The lowest BCUT2D eigenvalue weighted by Crippen LogP contribution is -2.19. The quantitative estimate of drug-likeness (QED) is 0.394. The largest absolute Gasteiger partial charge is 0.271 e. The van der Waals surface area contributed by atoms with Gasteiger partial charge in [0.1, 0.15) is 0 Å². The number of benzene rings is 2. The van der Waals surface area contributed by atoms with Crippen LogP contribution >= 0.6 is 0 Å². The summed E-state index contributed by atoms with van der Waals surface area (Å²) >= 11 is 0. The Morgan fingerprint density at radius 1 is 1.14 bits per heavy atom. The fourth-order valence-corrected chi connectivity index (χ4v) is 2.91. The molecule has 1 N–H and O–H groups in total. The molecule has 8 nitrogen and oxygen atoms in total. The predicted molar refractivity (Wildman–Crippen MR) is 110 cm³/mol. The third-order valence-corrected chi connectivity index (χ3v) is 4.45. The molecule has 0 atom stereocenters. The predicted octanol–water partition coefficient (Wildman–Crippen LogP) is 3.61. The highest BCUT2D eigenvalue weighted by atomic mass is 16.6. The number of hydrazone groups is 1. The molecule has 1 aromatic heterocycles. The fourth-order valence-electron chi connectivity index (χ4n) is 2.91. The Hall–Kier alpha value is -3.81. The number of carbonyl (C=O) groups excluding carboxylic acids is 1. The maximum Gasteiger partial charge on any atom is 0.271 e. The van der Waals surface area contributed by atoms with Crippen LogP contribution in [-0.4, -0.2) is 26.3 Å². The summed E-state index contributed by atoms with van der Waals surface area (Å²) < 4.78 is 1.89. The monoisotopic (exact) mass is 391 g/mol. The molecule has 0 unspecified atom stereocenters. The number of nitrogens with one attached hydrogen (secondary N) is 1. The van der Waals surface area contributed by atoms with Gasteiger partial charge in [-0.2, -0.15) is 10.2 Å². The first-order chi connectivity index (χ1) is 13.8. The minimum atomic E-state index is -0.461. The molecule has 0 aliphatic carbocycles. The molecular formula is C21H21N5O3. The lowest BCUT2D eigenvalue weighted by molar-refractivity contribution is -0.384. The molecule has 0 aliphatic rings. The molecule has 0 bridgehead atoms. The number of aryl methyl sites for hydroxylation is 2. The number of nitrogens with zero attached hydrogens (tertiary/aromatic N) is 4. The lowest BCUT2D eigenvalue weighted by atomic mass is 10.1. The van der Waals surface area contributed by atoms with Gasteiger partial charge in [-0.25, -0.2) is 5.43 Å². The maximum atomic E-state index is 12.5. The van der Waals surface area contributed by atoms with E-state index in [1.165, 1.54) is 12.1 Å². The van der Waals surface area contributed by atoms with Crippen molar-refractivity contribution in [2.75, 3.05) is 0 Å². The number of carbonyl (C=O) groups is 1. The van der Waals surface area contributed by atoms with E-state index in [9.17, 15) is 14.9 Å². The molecule has 2 aromatic carbocycles. The van der Waals surface area contributed by atoms with Crippen molar-refractivity contribution in [3.8, 4) is 0 Å². The van der Waals surface area contributed by atoms with Crippen molar-refractivity contribution in [1.82, 2.24) is 15.2 Å². The Morgan fingerprint density at radius 2 is 1.86 bits per heavy atom. The number of amides is 1. The lowest BCUT2D eigenvalue weighted by Gasteiger charge is -2.07. The molecule has 0 aliphatic heterocycles. The van der Waals surface area contributed by atoms with Gasteiger partial charge in [-0.15, -0.1) is 0 Å². The summed E-state index contributed by atoms with van der Waals surface area (Å²) in [5.41, 5.74) is 7.23. The van der Waals surface area contributed by atoms with Crippen molar-refractivity contribution in [2.45, 2.75) is 27.3 Å². The molecule has 3 rings (SSSR count). The Morgan fingerprint density at radius 3 is 2.48 bits per heavy atom. The number of nitro benzene ring substituents is 1. The van der Waals surface area contributed by atoms with Crippen LogP contribution in [0, 0.1) is 24.0 Å². The van der Waals surface area contributed by atoms with E-state index in [1.807, 2.05) is 42.8 Å². The van der Waals surface area contributed by atoms with E-state index in [4.69, 9.17) is 0 Å². The van der Waals surface area contributed by atoms with Crippen LogP contribution < -0.4 is 5.43 Å². The smallest absolute Gasteiger partial charge is 0.267 e. The highest BCUT2D eigenvalue weighted by Gasteiger charge is 2.09. The van der Waals surface area contributed by atoms with Crippen molar-refractivity contribution in [2.24, 2.45) is 5.10 Å². The second-order valence-corrected chi connectivity index (χ2v) is 6.73. The Bertz CT molecular complexity index is 1080. The molecule has 1 heterocycles. The average molecular weight is 391 g/mol. The third kappa shape index (κ3) is 4.92. The van der Waals surface area contributed by atoms with E-state index in [0.29, 0.717) is 23.4 Å². The van der Waals surface area contributed by atoms with Crippen LogP contribution in [-0.2, 0) is 6.54 Å². The molecule has 148 valence electrons. The van der Waals surface area contributed by atoms with Crippen molar-refractivity contribution in [3.05, 3.63) is 92.8 Å². The number of hydrogen-bond donors (Lipinski definition) is 1. The van der Waals surface area contributed by atoms with Gasteiger partial charge < -0.3 is 0 Å². The first kappa shape index (κ1) is 19.9. The minimum absolute atomic E-state index is 0.00464. The van der Waals surface area contributed by atoms with E-state index in [0.717, 1.165) is 17.0 Å². The number of aromatic nitrogens is 2. The van der Waals surface area contributed by atoms with Gasteiger partial charge in [0, 0.05) is 23.4 Å². The third-order valence-electron chi connectivity index (χ3n) is 4.45. The highest BCUT2D eigenvalue weighted by molar-refractivity contribution is 6.01. The summed E-state index contributed by atoms with van der Waals surface area (Å²) in [5, 5.41) is 19.3. The van der Waals surface area contributed by atoms with E-state index >= 15 is 0 Å². The van der Waals surface area contributed by atoms with Gasteiger partial charge in [-0.1, -0.05) is 12.1 Å². The van der Waals surface area contributed by atoms with Gasteiger partial charge in [-0.3, -0.25) is 19.6 Å². The molecule has 0 spiro atoms. The second kappa shape index (κ2) is 8.47. The molecule has 29 heavy (non-hydrogen) atoms. The van der Waals surface area contributed by atoms with Crippen LogP contribution in [0.3, 0.4) is 0 Å². The normalized spacial score (nSPS) is 11.3. The molecular weight excluding hydrogens is 370 g/mol. The molecule has 8 heteroatoms. The molecule has 0 saturated heterocycles. The molecule has 1 amide bonds. The zero-order valence-corrected chi connectivity index (χ0v) is 16.4. The van der Waals surface area contributed by atoms with Crippen molar-refractivity contribution in [1.29, 1.82) is 0 Å². The van der Waals surface area contributed by atoms with E-state index < -0.39 is 4.92 Å². The van der Waals surface area contributed by atoms with Crippen molar-refractivity contribution in [3.63, 3.8) is 0 Å². The zero-order valence-electron chi connectivity index (χ0n) is 16.4. The van der Waals surface area contributed by atoms with Gasteiger partial charge in [-0.05, 0) is 62.2 Å². The number of hydrogen-bond acceptors (Lipinski definition) is 5. The summed E-state index contributed by atoms with van der Waals surface area (Å²) in [5.74, 6) is -0.332. The highest BCUT2D eigenvalue weighted by Crippen LogP contribution is 2.13. The summed E-state index contributed by atoms with van der Waals surface area (Å²) in [6.07, 6.45) is 0.